The van der Waals surface area contributed by atoms with Crippen molar-refractivity contribution in [2.75, 3.05) is 25.1 Å². The van der Waals surface area contributed by atoms with Crippen molar-refractivity contribution in [1.29, 1.82) is 0 Å². The number of benzene rings is 1. The SMILES string of the molecule is CNCc1cc(S(=O)(=O)NCC2CCSCC2)ccc1C. The Bertz CT molecular complexity index is 567. The average molecular weight is 329 g/mol. The second-order valence-electron chi connectivity index (χ2n) is 5.53. The van der Waals surface area contributed by atoms with Crippen LogP contribution in [0.2, 0.25) is 0 Å². The summed E-state index contributed by atoms with van der Waals surface area (Å²) in [5.41, 5.74) is 2.13. The number of thioether (sulfide) groups is 1. The van der Waals surface area contributed by atoms with Crippen molar-refractivity contribution in [2.24, 2.45) is 5.92 Å². The first-order chi connectivity index (χ1) is 10.0. The zero-order valence-electron chi connectivity index (χ0n) is 12.7. The Labute approximate surface area is 132 Å². The first-order valence-corrected chi connectivity index (χ1v) is 9.98. The van der Waals surface area contributed by atoms with E-state index in [9.17, 15) is 8.42 Å². The molecule has 1 aromatic carbocycles. The van der Waals surface area contributed by atoms with Crippen LogP contribution in [0.4, 0.5) is 0 Å². The summed E-state index contributed by atoms with van der Waals surface area (Å²) in [5, 5.41) is 3.07. The van der Waals surface area contributed by atoms with Crippen LogP contribution >= 0.6 is 11.8 Å². The highest BCUT2D eigenvalue weighted by molar-refractivity contribution is 7.99. The van der Waals surface area contributed by atoms with Gasteiger partial charge in [-0.1, -0.05) is 6.07 Å². The Hall–Kier alpha value is -0.560. The summed E-state index contributed by atoms with van der Waals surface area (Å²) in [4.78, 5) is 0.364. The molecule has 0 radical (unpaired) electrons. The highest BCUT2D eigenvalue weighted by Crippen LogP contribution is 2.23. The van der Waals surface area contributed by atoms with Crippen LogP contribution < -0.4 is 10.0 Å². The molecule has 0 amide bonds. The van der Waals surface area contributed by atoms with Crippen LogP contribution in [0.25, 0.3) is 0 Å². The van der Waals surface area contributed by atoms with E-state index in [1.807, 2.05) is 31.8 Å². The molecule has 1 saturated heterocycles. The van der Waals surface area contributed by atoms with E-state index in [4.69, 9.17) is 0 Å². The molecule has 1 aliphatic heterocycles. The average Bonchev–Trinajstić information content (AvgIpc) is 2.49. The van der Waals surface area contributed by atoms with Gasteiger partial charge in [0.15, 0.2) is 0 Å². The fraction of sp³-hybridized carbons (Fsp3) is 0.600. The van der Waals surface area contributed by atoms with Crippen molar-refractivity contribution < 1.29 is 8.42 Å². The van der Waals surface area contributed by atoms with Gasteiger partial charge in [0.1, 0.15) is 0 Å². The van der Waals surface area contributed by atoms with E-state index >= 15 is 0 Å². The normalized spacial score (nSPS) is 17.0. The minimum atomic E-state index is -3.40. The topological polar surface area (TPSA) is 58.2 Å². The van der Waals surface area contributed by atoms with Gasteiger partial charge in [-0.05, 0) is 67.5 Å². The van der Waals surface area contributed by atoms with Crippen LogP contribution in [0.15, 0.2) is 23.1 Å². The van der Waals surface area contributed by atoms with Gasteiger partial charge in [0.2, 0.25) is 10.0 Å². The molecule has 0 spiro atoms. The number of aryl methyl sites for hydroxylation is 1. The number of sulfonamides is 1. The molecule has 0 saturated carbocycles. The van der Waals surface area contributed by atoms with Gasteiger partial charge in [-0.25, -0.2) is 13.1 Å². The Morgan fingerprint density at radius 2 is 2.00 bits per heavy atom. The van der Waals surface area contributed by atoms with Crippen LogP contribution in [0.3, 0.4) is 0 Å². The number of nitrogens with one attached hydrogen (secondary N) is 2. The zero-order chi connectivity index (χ0) is 15.3. The smallest absolute Gasteiger partial charge is 0.240 e. The van der Waals surface area contributed by atoms with Gasteiger partial charge in [0.05, 0.1) is 4.90 Å². The lowest BCUT2D eigenvalue weighted by molar-refractivity contribution is 0.476. The molecule has 6 heteroatoms. The number of hydrogen-bond donors (Lipinski definition) is 2. The number of rotatable bonds is 6. The van der Waals surface area contributed by atoms with E-state index in [1.165, 1.54) is 0 Å². The molecule has 1 aliphatic rings. The maximum atomic E-state index is 12.4. The van der Waals surface area contributed by atoms with Crippen molar-refractivity contribution in [3.8, 4) is 0 Å². The molecule has 0 atom stereocenters. The molecule has 0 aliphatic carbocycles. The van der Waals surface area contributed by atoms with E-state index in [0.717, 1.165) is 35.5 Å². The summed E-state index contributed by atoms with van der Waals surface area (Å²) < 4.78 is 27.6. The Morgan fingerprint density at radius 1 is 1.29 bits per heavy atom. The molecule has 0 unspecified atom stereocenters. The maximum Gasteiger partial charge on any atom is 0.240 e. The van der Waals surface area contributed by atoms with Crippen molar-refractivity contribution in [2.45, 2.75) is 31.2 Å². The molecule has 1 aromatic rings. The minimum Gasteiger partial charge on any atom is -0.316 e. The third-order valence-corrected chi connectivity index (χ3v) is 6.37. The molecule has 118 valence electrons. The van der Waals surface area contributed by atoms with Gasteiger partial charge in [-0.15, -0.1) is 0 Å². The highest BCUT2D eigenvalue weighted by Gasteiger charge is 2.19. The van der Waals surface area contributed by atoms with E-state index in [-0.39, 0.29) is 0 Å². The van der Waals surface area contributed by atoms with Crippen molar-refractivity contribution in [1.82, 2.24) is 10.0 Å². The maximum absolute atomic E-state index is 12.4. The molecule has 2 N–H and O–H groups in total. The molecular formula is C15H24N2O2S2. The minimum absolute atomic E-state index is 0.364. The van der Waals surface area contributed by atoms with Gasteiger partial charge in [-0.3, -0.25) is 0 Å². The largest absolute Gasteiger partial charge is 0.316 e. The third kappa shape index (κ3) is 4.71. The van der Waals surface area contributed by atoms with Crippen LogP contribution in [-0.4, -0.2) is 33.5 Å². The second-order valence-corrected chi connectivity index (χ2v) is 8.52. The van der Waals surface area contributed by atoms with Crippen molar-refractivity contribution in [3.63, 3.8) is 0 Å². The quantitative estimate of drug-likeness (QED) is 0.840. The van der Waals surface area contributed by atoms with E-state index in [0.29, 0.717) is 23.9 Å². The third-order valence-electron chi connectivity index (χ3n) is 3.90. The van der Waals surface area contributed by atoms with Gasteiger partial charge in [0, 0.05) is 13.1 Å². The van der Waals surface area contributed by atoms with Crippen LogP contribution in [-0.2, 0) is 16.6 Å². The summed E-state index contributed by atoms with van der Waals surface area (Å²) in [6.07, 6.45) is 2.21. The Kier molecular flexibility index (Phi) is 6.10. The summed E-state index contributed by atoms with van der Waals surface area (Å²) in [5.74, 6) is 2.76. The monoisotopic (exact) mass is 328 g/mol. The molecule has 0 bridgehead atoms. The lowest BCUT2D eigenvalue weighted by Crippen LogP contribution is -2.31. The van der Waals surface area contributed by atoms with E-state index < -0.39 is 10.0 Å². The zero-order valence-corrected chi connectivity index (χ0v) is 14.3. The summed E-state index contributed by atoms with van der Waals surface area (Å²) in [6, 6.07) is 5.33. The predicted octanol–water partition coefficient (Wildman–Crippen LogP) is 2.14. The van der Waals surface area contributed by atoms with Gasteiger partial charge in [-0.2, -0.15) is 11.8 Å². The highest BCUT2D eigenvalue weighted by atomic mass is 32.2. The molecule has 21 heavy (non-hydrogen) atoms. The summed E-state index contributed by atoms with van der Waals surface area (Å²) in [6.45, 7) is 3.23. The van der Waals surface area contributed by atoms with Gasteiger partial charge in [0.25, 0.3) is 0 Å². The first kappa shape index (κ1) is 16.8. The standard InChI is InChI=1S/C15H24N2O2S2/c1-12-3-4-15(9-14(12)11-16-2)21(18,19)17-10-13-5-7-20-8-6-13/h3-4,9,13,16-17H,5-8,10-11H2,1-2H3. The summed E-state index contributed by atoms with van der Waals surface area (Å²) >= 11 is 1.95. The molecular weight excluding hydrogens is 304 g/mol. The lowest BCUT2D eigenvalue weighted by Gasteiger charge is -2.21. The first-order valence-electron chi connectivity index (χ1n) is 7.34. The van der Waals surface area contributed by atoms with Crippen molar-refractivity contribution in [3.05, 3.63) is 29.3 Å². The lowest BCUT2D eigenvalue weighted by atomic mass is 10.0. The summed E-state index contributed by atoms with van der Waals surface area (Å²) in [7, 11) is -1.54. The molecule has 0 aromatic heterocycles. The van der Waals surface area contributed by atoms with E-state index in [1.54, 1.807) is 12.1 Å². The van der Waals surface area contributed by atoms with Crippen LogP contribution in [0.1, 0.15) is 24.0 Å². The van der Waals surface area contributed by atoms with Crippen LogP contribution in [0, 0.1) is 12.8 Å². The Balaban J connectivity index is 2.06. The van der Waals surface area contributed by atoms with Gasteiger partial charge >= 0.3 is 0 Å². The fourth-order valence-electron chi connectivity index (χ4n) is 2.46. The predicted molar refractivity (Wildman–Crippen MR) is 89.2 cm³/mol. The fourth-order valence-corrected chi connectivity index (χ4v) is 4.83. The number of hydrogen-bond acceptors (Lipinski definition) is 4. The molecule has 2 rings (SSSR count). The molecule has 1 fully saturated rings. The Morgan fingerprint density at radius 3 is 2.67 bits per heavy atom. The molecule has 1 heterocycles. The second kappa shape index (κ2) is 7.63. The van der Waals surface area contributed by atoms with Crippen molar-refractivity contribution >= 4 is 21.8 Å². The van der Waals surface area contributed by atoms with E-state index in [2.05, 4.69) is 10.0 Å². The molecule has 4 nitrogen and oxygen atoms in total. The van der Waals surface area contributed by atoms with Crippen LogP contribution in [0.5, 0.6) is 0 Å². The van der Waals surface area contributed by atoms with Gasteiger partial charge < -0.3 is 5.32 Å².